The van der Waals surface area contributed by atoms with Crippen LogP contribution in [0.2, 0.25) is 0 Å². The van der Waals surface area contributed by atoms with Crippen molar-refractivity contribution in [2.24, 2.45) is 0 Å². The topological polar surface area (TPSA) is 64.4 Å². The predicted octanol–water partition coefficient (Wildman–Crippen LogP) is 3.27. The Hall–Kier alpha value is -1.62. The summed E-state index contributed by atoms with van der Waals surface area (Å²) in [6.07, 6.45) is 4.91. The highest BCUT2D eigenvalue weighted by Crippen LogP contribution is 2.22. The Balaban J connectivity index is 1.83. The Morgan fingerprint density at radius 2 is 2.32 bits per heavy atom. The van der Waals surface area contributed by atoms with E-state index in [9.17, 15) is 10.1 Å². The molecule has 1 atom stereocenters. The van der Waals surface area contributed by atoms with Crippen molar-refractivity contribution in [1.29, 1.82) is 0 Å². The van der Waals surface area contributed by atoms with Gasteiger partial charge in [0.05, 0.1) is 11.0 Å². The minimum Gasteiger partial charge on any atom is -0.385 e. The highest BCUT2D eigenvalue weighted by atomic mass is 16.6. The molecule has 5 heteroatoms. The van der Waals surface area contributed by atoms with Crippen molar-refractivity contribution < 1.29 is 9.66 Å². The molecule has 104 valence electrons. The van der Waals surface area contributed by atoms with Gasteiger partial charge in [-0.3, -0.25) is 10.1 Å². The van der Waals surface area contributed by atoms with Crippen LogP contribution in [0, 0.1) is 17.0 Å². The van der Waals surface area contributed by atoms with Crippen molar-refractivity contribution in [3.63, 3.8) is 0 Å². The fourth-order valence-electron chi connectivity index (χ4n) is 2.36. The Morgan fingerprint density at radius 3 is 2.95 bits per heavy atom. The lowest BCUT2D eigenvalue weighted by atomic mass is 10.1. The first-order chi connectivity index (χ1) is 9.16. The quantitative estimate of drug-likeness (QED) is 0.654. The number of aryl methyl sites for hydroxylation is 1. The molecule has 5 nitrogen and oxygen atoms in total. The Kier molecular flexibility index (Phi) is 4.74. The molecule has 0 aliphatic carbocycles. The third-order valence-electron chi connectivity index (χ3n) is 3.48. The maximum absolute atomic E-state index is 10.7. The van der Waals surface area contributed by atoms with Gasteiger partial charge in [-0.05, 0) is 44.2 Å². The number of nitro benzene ring substituents is 1. The summed E-state index contributed by atoms with van der Waals surface area (Å²) < 4.78 is 5.67. The van der Waals surface area contributed by atoms with Crippen LogP contribution in [-0.4, -0.2) is 24.2 Å². The van der Waals surface area contributed by atoms with E-state index in [2.05, 4.69) is 5.32 Å². The molecule has 0 aromatic heterocycles. The maximum Gasteiger partial charge on any atom is 0.269 e. The molecular weight excluding hydrogens is 244 g/mol. The van der Waals surface area contributed by atoms with Gasteiger partial charge in [0.25, 0.3) is 5.69 Å². The molecule has 1 saturated heterocycles. The number of rotatable bonds is 5. The second kappa shape index (κ2) is 6.52. The zero-order valence-electron chi connectivity index (χ0n) is 11.2. The first-order valence-corrected chi connectivity index (χ1v) is 6.77. The first-order valence-electron chi connectivity index (χ1n) is 6.77. The summed E-state index contributed by atoms with van der Waals surface area (Å²) in [4.78, 5) is 10.3. The van der Waals surface area contributed by atoms with Gasteiger partial charge in [0.2, 0.25) is 0 Å². The monoisotopic (exact) mass is 264 g/mol. The number of hydrogen-bond acceptors (Lipinski definition) is 4. The smallest absolute Gasteiger partial charge is 0.269 e. The van der Waals surface area contributed by atoms with Crippen LogP contribution in [0.1, 0.15) is 31.2 Å². The van der Waals surface area contributed by atoms with E-state index in [-0.39, 0.29) is 10.6 Å². The second-order valence-corrected chi connectivity index (χ2v) is 4.96. The van der Waals surface area contributed by atoms with Gasteiger partial charge in [-0.1, -0.05) is 0 Å². The molecule has 1 aliphatic rings. The van der Waals surface area contributed by atoms with Crippen molar-refractivity contribution >= 4 is 11.4 Å². The second-order valence-electron chi connectivity index (χ2n) is 4.96. The number of ether oxygens (including phenoxy) is 1. The van der Waals surface area contributed by atoms with E-state index >= 15 is 0 Å². The van der Waals surface area contributed by atoms with E-state index < -0.39 is 0 Å². The third-order valence-corrected chi connectivity index (χ3v) is 3.48. The number of hydrogen-bond donors (Lipinski definition) is 1. The van der Waals surface area contributed by atoms with E-state index in [4.69, 9.17) is 4.74 Å². The summed E-state index contributed by atoms with van der Waals surface area (Å²) in [5.74, 6) is 0. The number of nitro groups is 1. The van der Waals surface area contributed by atoms with Gasteiger partial charge in [-0.25, -0.2) is 0 Å². The van der Waals surface area contributed by atoms with Gasteiger partial charge in [0, 0.05) is 31.0 Å². The summed E-state index contributed by atoms with van der Waals surface area (Å²) in [7, 11) is 0. The Labute approximate surface area is 113 Å². The van der Waals surface area contributed by atoms with Crippen LogP contribution >= 0.6 is 0 Å². The summed E-state index contributed by atoms with van der Waals surface area (Å²) in [5.41, 5.74) is 2.00. The van der Waals surface area contributed by atoms with Crippen LogP contribution in [0.3, 0.4) is 0 Å². The fraction of sp³-hybridized carbons (Fsp3) is 0.571. The molecule has 0 radical (unpaired) electrons. The summed E-state index contributed by atoms with van der Waals surface area (Å²) in [6, 6.07) is 4.90. The molecule has 1 aliphatic heterocycles. The molecule has 19 heavy (non-hydrogen) atoms. The summed E-state index contributed by atoms with van der Waals surface area (Å²) >= 11 is 0. The van der Waals surface area contributed by atoms with Gasteiger partial charge in [0.15, 0.2) is 0 Å². The average molecular weight is 264 g/mol. The van der Waals surface area contributed by atoms with E-state index in [1.54, 1.807) is 12.1 Å². The average Bonchev–Trinajstić information content (AvgIpc) is 2.41. The third kappa shape index (κ3) is 3.92. The number of benzene rings is 1. The van der Waals surface area contributed by atoms with Crippen molar-refractivity contribution in [3.05, 3.63) is 33.9 Å². The zero-order chi connectivity index (χ0) is 13.7. The molecule has 0 amide bonds. The van der Waals surface area contributed by atoms with Crippen LogP contribution < -0.4 is 5.32 Å². The van der Waals surface area contributed by atoms with Crippen LogP contribution in [0.25, 0.3) is 0 Å². The standard InChI is InChI=1S/C14H20N2O3/c1-11-10-12(16(17)18)5-6-14(11)15-8-7-13-4-2-3-9-19-13/h5-6,10,13,15H,2-4,7-9H2,1H3. The van der Waals surface area contributed by atoms with Gasteiger partial charge in [-0.15, -0.1) is 0 Å². The summed E-state index contributed by atoms with van der Waals surface area (Å²) in [5, 5.41) is 14.0. The highest BCUT2D eigenvalue weighted by molar-refractivity contribution is 5.55. The van der Waals surface area contributed by atoms with Crippen molar-refractivity contribution in [2.45, 2.75) is 38.7 Å². The number of nitrogens with one attached hydrogen (secondary N) is 1. The number of non-ortho nitro benzene ring substituents is 1. The molecule has 0 bridgehead atoms. The van der Waals surface area contributed by atoms with Crippen LogP contribution in [0.5, 0.6) is 0 Å². The summed E-state index contributed by atoms with van der Waals surface area (Å²) in [6.45, 7) is 3.59. The maximum atomic E-state index is 10.7. The molecule has 0 spiro atoms. The molecule has 1 fully saturated rings. The largest absolute Gasteiger partial charge is 0.385 e. The van der Waals surface area contributed by atoms with Gasteiger partial charge >= 0.3 is 0 Å². The molecule has 1 N–H and O–H groups in total. The van der Waals surface area contributed by atoms with Crippen LogP contribution in [0.15, 0.2) is 18.2 Å². The Bertz CT molecular complexity index is 442. The number of nitrogens with zero attached hydrogens (tertiary/aromatic N) is 1. The molecule has 1 heterocycles. The lowest BCUT2D eigenvalue weighted by Crippen LogP contribution is -2.22. The van der Waals surface area contributed by atoms with Gasteiger partial charge in [-0.2, -0.15) is 0 Å². The zero-order valence-corrected chi connectivity index (χ0v) is 11.2. The molecule has 0 saturated carbocycles. The first kappa shape index (κ1) is 13.8. The lowest BCUT2D eigenvalue weighted by Gasteiger charge is -2.22. The fourth-order valence-corrected chi connectivity index (χ4v) is 2.36. The van der Waals surface area contributed by atoms with Gasteiger partial charge < -0.3 is 10.1 Å². The van der Waals surface area contributed by atoms with E-state index in [0.29, 0.717) is 6.10 Å². The highest BCUT2D eigenvalue weighted by Gasteiger charge is 2.13. The van der Waals surface area contributed by atoms with E-state index in [1.807, 2.05) is 6.92 Å². The molecule has 2 rings (SSSR count). The van der Waals surface area contributed by atoms with Crippen molar-refractivity contribution in [3.8, 4) is 0 Å². The van der Waals surface area contributed by atoms with Crippen molar-refractivity contribution in [2.75, 3.05) is 18.5 Å². The minimum absolute atomic E-state index is 0.138. The van der Waals surface area contributed by atoms with E-state index in [1.165, 1.54) is 18.9 Å². The van der Waals surface area contributed by atoms with Crippen LogP contribution in [0.4, 0.5) is 11.4 Å². The SMILES string of the molecule is Cc1cc([N+](=O)[O-])ccc1NCCC1CCCCO1. The molecule has 1 unspecified atom stereocenters. The van der Waals surface area contributed by atoms with Gasteiger partial charge in [0.1, 0.15) is 0 Å². The van der Waals surface area contributed by atoms with Crippen molar-refractivity contribution in [1.82, 2.24) is 0 Å². The predicted molar refractivity (Wildman–Crippen MR) is 74.5 cm³/mol. The minimum atomic E-state index is -0.368. The normalized spacial score (nSPS) is 19.1. The number of anilines is 1. The Morgan fingerprint density at radius 1 is 1.47 bits per heavy atom. The van der Waals surface area contributed by atoms with E-state index in [0.717, 1.165) is 37.2 Å². The lowest BCUT2D eigenvalue weighted by molar-refractivity contribution is -0.384. The molecular formula is C14H20N2O3. The molecule has 1 aromatic carbocycles. The molecule has 1 aromatic rings. The van der Waals surface area contributed by atoms with Crippen LogP contribution in [-0.2, 0) is 4.74 Å².